The highest BCUT2D eigenvalue weighted by Crippen LogP contribution is 2.30. The second-order valence-corrected chi connectivity index (χ2v) is 6.17. The molecule has 1 aliphatic rings. The Morgan fingerprint density at radius 3 is 2.41 bits per heavy atom. The molecule has 1 heterocycles. The molecular formula is C18H28N2O2. The van der Waals surface area contributed by atoms with Crippen LogP contribution in [0.5, 0.6) is 5.75 Å². The predicted molar refractivity (Wildman–Crippen MR) is 91.1 cm³/mol. The molecule has 1 fully saturated rings. The largest absolute Gasteiger partial charge is 0.496 e. The summed E-state index contributed by atoms with van der Waals surface area (Å²) in [4.78, 5) is 15.9. The van der Waals surface area contributed by atoms with Crippen molar-refractivity contribution in [3.63, 3.8) is 0 Å². The number of likely N-dealkylation sites (tertiary alicyclic amines) is 1. The fraction of sp³-hybridized carbons (Fsp3) is 0.611. The topological polar surface area (TPSA) is 32.8 Å². The van der Waals surface area contributed by atoms with Crippen LogP contribution in [0.4, 0.5) is 5.69 Å². The lowest BCUT2D eigenvalue weighted by Gasteiger charge is -2.26. The zero-order valence-electron chi connectivity index (χ0n) is 14.3. The number of hydrogen-bond donors (Lipinski definition) is 0. The van der Waals surface area contributed by atoms with Gasteiger partial charge in [0.25, 0.3) is 0 Å². The van der Waals surface area contributed by atoms with E-state index in [-0.39, 0.29) is 0 Å². The number of piperidine rings is 1. The van der Waals surface area contributed by atoms with Gasteiger partial charge in [-0.2, -0.15) is 0 Å². The first-order valence-electron chi connectivity index (χ1n) is 8.16. The van der Waals surface area contributed by atoms with Gasteiger partial charge in [-0.25, -0.2) is 0 Å². The van der Waals surface area contributed by atoms with Crippen molar-refractivity contribution in [2.45, 2.75) is 32.6 Å². The van der Waals surface area contributed by atoms with Crippen LogP contribution < -0.4 is 9.64 Å². The molecule has 1 saturated heterocycles. The van der Waals surface area contributed by atoms with E-state index >= 15 is 0 Å². The Hall–Kier alpha value is -1.55. The zero-order valence-corrected chi connectivity index (χ0v) is 14.3. The predicted octanol–water partition coefficient (Wildman–Crippen LogP) is 2.53. The third-order valence-corrected chi connectivity index (χ3v) is 4.46. The highest BCUT2D eigenvalue weighted by Gasteiger charge is 2.17. The van der Waals surface area contributed by atoms with Gasteiger partial charge in [-0.05, 0) is 36.1 Å². The molecule has 0 atom stereocenters. The molecule has 4 heteroatoms. The van der Waals surface area contributed by atoms with Crippen LogP contribution in [-0.4, -0.2) is 51.5 Å². The molecule has 0 bridgehead atoms. The summed E-state index contributed by atoms with van der Waals surface area (Å²) in [6.07, 6.45) is 3.37. The van der Waals surface area contributed by atoms with Gasteiger partial charge in [-0.3, -0.25) is 4.79 Å². The van der Waals surface area contributed by atoms with E-state index < -0.39 is 0 Å². The Bertz CT molecular complexity index is 516. The van der Waals surface area contributed by atoms with Crippen LogP contribution in [-0.2, 0) is 17.6 Å². The highest BCUT2D eigenvalue weighted by molar-refractivity contribution is 5.79. The first-order valence-corrected chi connectivity index (χ1v) is 8.16. The lowest BCUT2D eigenvalue weighted by molar-refractivity contribution is -0.121. The van der Waals surface area contributed by atoms with Crippen LogP contribution in [0.3, 0.4) is 0 Å². The number of nitrogens with zero attached hydrogens (tertiary/aromatic N) is 2. The van der Waals surface area contributed by atoms with Gasteiger partial charge in [-0.15, -0.1) is 0 Å². The van der Waals surface area contributed by atoms with E-state index in [1.807, 2.05) is 0 Å². The number of ketones is 1. The van der Waals surface area contributed by atoms with Crippen molar-refractivity contribution in [3.8, 4) is 5.75 Å². The molecule has 122 valence electrons. The number of hydrogen-bond acceptors (Lipinski definition) is 4. The summed E-state index contributed by atoms with van der Waals surface area (Å²) in [5, 5.41) is 0. The number of carbonyl (C=O) groups is 1. The first-order chi connectivity index (χ1) is 10.5. The van der Waals surface area contributed by atoms with Crippen LogP contribution in [0.25, 0.3) is 0 Å². The Labute approximate surface area is 134 Å². The first kappa shape index (κ1) is 16.8. The monoisotopic (exact) mass is 304 g/mol. The Morgan fingerprint density at radius 2 is 1.86 bits per heavy atom. The Balaban J connectivity index is 2.11. The Kier molecular flexibility index (Phi) is 5.83. The van der Waals surface area contributed by atoms with Crippen LogP contribution in [0.15, 0.2) is 12.1 Å². The van der Waals surface area contributed by atoms with E-state index in [2.05, 4.69) is 43.0 Å². The number of methoxy groups -OCH3 is 1. The molecule has 4 nitrogen and oxygen atoms in total. The minimum absolute atomic E-state index is 0.399. The van der Waals surface area contributed by atoms with Crippen LogP contribution in [0, 0.1) is 0 Å². The molecular weight excluding hydrogens is 276 g/mol. The molecule has 1 aromatic rings. The molecule has 0 saturated carbocycles. The van der Waals surface area contributed by atoms with Crippen molar-refractivity contribution >= 4 is 11.5 Å². The van der Waals surface area contributed by atoms with E-state index in [1.165, 1.54) is 16.8 Å². The number of carbonyl (C=O) groups excluding carboxylic acids is 1. The summed E-state index contributed by atoms with van der Waals surface area (Å²) in [5.74, 6) is 1.38. The minimum Gasteiger partial charge on any atom is -0.496 e. The number of Topliss-reactive ketones (excluding diaryl/α,β-unsaturated/α-hetero) is 1. The van der Waals surface area contributed by atoms with E-state index in [4.69, 9.17) is 4.74 Å². The zero-order chi connectivity index (χ0) is 16.1. The third kappa shape index (κ3) is 4.01. The van der Waals surface area contributed by atoms with E-state index in [9.17, 15) is 4.79 Å². The van der Waals surface area contributed by atoms with Crippen molar-refractivity contribution in [1.82, 2.24) is 4.90 Å². The van der Waals surface area contributed by atoms with Gasteiger partial charge >= 0.3 is 0 Å². The maximum Gasteiger partial charge on any atom is 0.135 e. The van der Waals surface area contributed by atoms with Gasteiger partial charge in [0.1, 0.15) is 11.5 Å². The van der Waals surface area contributed by atoms with Crippen molar-refractivity contribution < 1.29 is 9.53 Å². The van der Waals surface area contributed by atoms with Gasteiger partial charge in [0, 0.05) is 52.3 Å². The molecule has 0 spiro atoms. The lowest BCUT2D eigenvalue weighted by Crippen LogP contribution is -2.35. The van der Waals surface area contributed by atoms with Gasteiger partial charge < -0.3 is 14.5 Å². The summed E-state index contributed by atoms with van der Waals surface area (Å²) in [7, 11) is 5.91. The summed E-state index contributed by atoms with van der Waals surface area (Å²) < 4.78 is 5.59. The standard InChI is InChI=1S/C18H28N2O2/c1-5-14-13-18(22-4)15(12-17(14)19(2)3)6-9-20-10-7-16(21)8-11-20/h12-13H,5-11H2,1-4H3. The molecule has 1 aromatic carbocycles. The molecule has 0 N–H and O–H groups in total. The summed E-state index contributed by atoms with van der Waals surface area (Å²) >= 11 is 0. The minimum atomic E-state index is 0.399. The van der Waals surface area contributed by atoms with Crippen molar-refractivity contribution in [2.24, 2.45) is 0 Å². The van der Waals surface area contributed by atoms with Gasteiger partial charge in [0.05, 0.1) is 7.11 Å². The average molecular weight is 304 g/mol. The summed E-state index contributed by atoms with van der Waals surface area (Å²) in [5.41, 5.74) is 3.83. The van der Waals surface area contributed by atoms with E-state index in [0.29, 0.717) is 18.6 Å². The van der Waals surface area contributed by atoms with Crippen molar-refractivity contribution in [1.29, 1.82) is 0 Å². The number of rotatable bonds is 6. The second kappa shape index (κ2) is 7.63. The smallest absolute Gasteiger partial charge is 0.135 e. The molecule has 0 aliphatic carbocycles. The van der Waals surface area contributed by atoms with Crippen LogP contribution in [0.2, 0.25) is 0 Å². The fourth-order valence-corrected chi connectivity index (χ4v) is 3.04. The Morgan fingerprint density at radius 1 is 1.18 bits per heavy atom. The number of ether oxygens (including phenoxy) is 1. The molecule has 22 heavy (non-hydrogen) atoms. The summed E-state index contributed by atoms with van der Waals surface area (Å²) in [6, 6.07) is 4.43. The molecule has 0 radical (unpaired) electrons. The normalized spacial score (nSPS) is 15.9. The van der Waals surface area contributed by atoms with Crippen LogP contribution in [0.1, 0.15) is 30.9 Å². The quantitative estimate of drug-likeness (QED) is 0.808. The van der Waals surface area contributed by atoms with E-state index in [0.717, 1.165) is 38.2 Å². The fourth-order valence-electron chi connectivity index (χ4n) is 3.04. The molecule has 0 amide bonds. The molecule has 0 unspecified atom stereocenters. The van der Waals surface area contributed by atoms with Gasteiger partial charge in [-0.1, -0.05) is 6.92 Å². The maximum absolute atomic E-state index is 11.3. The van der Waals surface area contributed by atoms with Gasteiger partial charge in [0.2, 0.25) is 0 Å². The number of aryl methyl sites for hydroxylation is 1. The summed E-state index contributed by atoms with van der Waals surface area (Å²) in [6.45, 7) is 4.96. The molecule has 2 rings (SSSR count). The third-order valence-electron chi connectivity index (χ3n) is 4.46. The van der Waals surface area contributed by atoms with Gasteiger partial charge in [0.15, 0.2) is 0 Å². The van der Waals surface area contributed by atoms with Crippen molar-refractivity contribution in [3.05, 3.63) is 23.3 Å². The second-order valence-electron chi connectivity index (χ2n) is 6.17. The number of benzene rings is 1. The number of anilines is 1. The van der Waals surface area contributed by atoms with E-state index in [1.54, 1.807) is 7.11 Å². The maximum atomic E-state index is 11.3. The average Bonchev–Trinajstić information content (AvgIpc) is 2.53. The highest BCUT2D eigenvalue weighted by atomic mass is 16.5. The lowest BCUT2D eigenvalue weighted by atomic mass is 10.0. The molecule has 1 aliphatic heterocycles. The van der Waals surface area contributed by atoms with Crippen molar-refractivity contribution in [2.75, 3.05) is 45.7 Å². The SMILES string of the molecule is CCc1cc(OC)c(CCN2CCC(=O)CC2)cc1N(C)C. The van der Waals surface area contributed by atoms with Crippen LogP contribution >= 0.6 is 0 Å². The molecule has 0 aromatic heterocycles.